The summed E-state index contributed by atoms with van der Waals surface area (Å²) in [7, 11) is 1.42. The summed E-state index contributed by atoms with van der Waals surface area (Å²) < 4.78 is 10.8. The molecule has 0 aliphatic carbocycles. The molecule has 0 spiro atoms. The predicted molar refractivity (Wildman–Crippen MR) is 96.6 cm³/mol. The zero-order valence-electron chi connectivity index (χ0n) is 14.2. The van der Waals surface area contributed by atoms with Crippen molar-refractivity contribution in [2.75, 3.05) is 7.11 Å². The summed E-state index contributed by atoms with van der Waals surface area (Å²) in [5, 5.41) is 14.7. The molecule has 9 nitrogen and oxygen atoms in total. The van der Waals surface area contributed by atoms with E-state index < -0.39 is 10.8 Å². The van der Waals surface area contributed by atoms with Gasteiger partial charge in [0.15, 0.2) is 0 Å². The van der Waals surface area contributed by atoms with Crippen molar-refractivity contribution < 1.29 is 18.9 Å². The molecule has 3 rings (SSSR count). The number of nitro groups is 1. The zero-order chi connectivity index (χ0) is 19.2. The summed E-state index contributed by atoms with van der Waals surface area (Å²) in [4.78, 5) is 26.1. The van der Waals surface area contributed by atoms with Gasteiger partial charge < -0.3 is 9.15 Å². The van der Waals surface area contributed by atoms with Crippen molar-refractivity contribution in [1.82, 2.24) is 10.4 Å². The number of carbonyl (C=O) groups is 1. The molecule has 2 aromatic heterocycles. The van der Waals surface area contributed by atoms with Crippen LogP contribution in [-0.4, -0.2) is 29.1 Å². The predicted octanol–water partition coefficient (Wildman–Crippen LogP) is 3.02. The summed E-state index contributed by atoms with van der Waals surface area (Å²) in [6, 6.07) is 10.8. The molecule has 1 N–H and O–H groups in total. The number of non-ortho nitro benzene ring substituents is 1. The molecule has 1 amide bonds. The van der Waals surface area contributed by atoms with Crippen molar-refractivity contribution in [2.45, 2.75) is 0 Å². The molecule has 3 aromatic rings. The summed E-state index contributed by atoms with van der Waals surface area (Å²) in [5.74, 6) is 0.744. The van der Waals surface area contributed by atoms with Crippen LogP contribution in [0.5, 0.6) is 5.75 Å². The molecule has 9 heteroatoms. The Morgan fingerprint density at radius 1 is 1.33 bits per heavy atom. The number of hydrazone groups is 1. The Bertz CT molecular complexity index is 998. The lowest BCUT2D eigenvalue weighted by atomic mass is 10.1. The molecule has 0 unspecified atom stereocenters. The second-order valence-corrected chi connectivity index (χ2v) is 5.28. The number of rotatable bonds is 6. The van der Waals surface area contributed by atoms with Gasteiger partial charge in [0.05, 0.1) is 35.4 Å². The Morgan fingerprint density at radius 3 is 2.89 bits per heavy atom. The molecule has 1 aromatic carbocycles. The number of amides is 1. The molecule has 136 valence electrons. The van der Waals surface area contributed by atoms with E-state index in [0.717, 1.165) is 0 Å². The van der Waals surface area contributed by atoms with Crippen LogP contribution < -0.4 is 10.2 Å². The minimum Gasteiger partial charge on any atom is -0.496 e. The van der Waals surface area contributed by atoms with E-state index >= 15 is 0 Å². The van der Waals surface area contributed by atoms with E-state index in [-0.39, 0.29) is 5.69 Å². The lowest BCUT2D eigenvalue weighted by molar-refractivity contribution is -0.384. The minimum absolute atomic E-state index is 0.0814. The third-order valence-corrected chi connectivity index (χ3v) is 3.57. The Balaban J connectivity index is 1.73. The number of nitrogens with zero attached hydrogens (tertiary/aromatic N) is 3. The Morgan fingerprint density at radius 2 is 2.19 bits per heavy atom. The van der Waals surface area contributed by atoms with E-state index in [4.69, 9.17) is 9.15 Å². The number of pyridine rings is 1. The number of benzene rings is 1. The highest BCUT2D eigenvalue weighted by Gasteiger charge is 2.15. The molecule has 0 saturated carbocycles. The highest BCUT2D eigenvalue weighted by molar-refractivity contribution is 5.94. The van der Waals surface area contributed by atoms with Crippen LogP contribution in [0.25, 0.3) is 11.3 Å². The van der Waals surface area contributed by atoms with Crippen molar-refractivity contribution in [3.8, 4) is 17.1 Å². The van der Waals surface area contributed by atoms with Crippen LogP contribution in [0, 0.1) is 10.1 Å². The Labute approximate surface area is 153 Å². The van der Waals surface area contributed by atoms with Crippen LogP contribution in [-0.2, 0) is 0 Å². The number of furan rings is 1. The quantitative estimate of drug-likeness (QED) is 0.407. The first-order valence-corrected chi connectivity index (χ1v) is 7.74. The largest absolute Gasteiger partial charge is 0.496 e. The van der Waals surface area contributed by atoms with Crippen LogP contribution in [0.3, 0.4) is 0 Å². The van der Waals surface area contributed by atoms with Gasteiger partial charge in [0.1, 0.15) is 17.3 Å². The first kappa shape index (κ1) is 17.8. The van der Waals surface area contributed by atoms with Gasteiger partial charge in [0.2, 0.25) is 0 Å². The smallest absolute Gasteiger partial charge is 0.273 e. The average Bonchev–Trinajstić information content (AvgIpc) is 3.16. The molecule has 0 aliphatic rings. The van der Waals surface area contributed by atoms with E-state index in [1.807, 2.05) is 0 Å². The van der Waals surface area contributed by atoms with E-state index in [1.165, 1.54) is 31.7 Å². The van der Waals surface area contributed by atoms with Gasteiger partial charge >= 0.3 is 0 Å². The van der Waals surface area contributed by atoms with Gasteiger partial charge in [-0.3, -0.25) is 19.9 Å². The van der Waals surface area contributed by atoms with Crippen molar-refractivity contribution in [3.05, 3.63) is 76.3 Å². The highest BCUT2D eigenvalue weighted by atomic mass is 16.6. The van der Waals surface area contributed by atoms with Crippen LogP contribution in [0.1, 0.15) is 16.1 Å². The fraction of sp³-hybridized carbons (Fsp3) is 0.0556. The SMILES string of the molecule is COc1cc([N+](=O)[O-])ccc1-c1ccc(C=NNC(=O)c2cccnc2)o1. The van der Waals surface area contributed by atoms with Crippen molar-refractivity contribution in [3.63, 3.8) is 0 Å². The minimum atomic E-state index is -0.503. The molecule has 0 bridgehead atoms. The molecule has 2 heterocycles. The second-order valence-electron chi connectivity index (χ2n) is 5.28. The summed E-state index contributed by atoms with van der Waals surface area (Å²) in [6.07, 6.45) is 4.34. The van der Waals surface area contributed by atoms with Gasteiger partial charge in [-0.2, -0.15) is 5.10 Å². The van der Waals surface area contributed by atoms with E-state index in [2.05, 4.69) is 15.5 Å². The van der Waals surface area contributed by atoms with Crippen LogP contribution in [0.4, 0.5) is 5.69 Å². The number of hydrogen-bond acceptors (Lipinski definition) is 7. The molecular formula is C18H14N4O5. The standard InChI is InChI=1S/C18H14N4O5/c1-26-17-9-13(22(24)25)4-6-15(17)16-7-5-14(27-16)11-20-21-18(23)12-3-2-8-19-10-12/h2-11H,1H3,(H,21,23). The van der Waals surface area contributed by atoms with Crippen LogP contribution >= 0.6 is 0 Å². The summed E-state index contributed by atoms with van der Waals surface area (Å²) in [6.45, 7) is 0. The number of aromatic nitrogens is 1. The average molecular weight is 366 g/mol. The van der Waals surface area contributed by atoms with Gasteiger partial charge in [-0.05, 0) is 30.3 Å². The van der Waals surface area contributed by atoms with Crippen LogP contribution in [0.2, 0.25) is 0 Å². The number of nitro benzene ring substituents is 1. The fourth-order valence-corrected chi connectivity index (χ4v) is 2.28. The van der Waals surface area contributed by atoms with Gasteiger partial charge in [-0.25, -0.2) is 5.43 Å². The molecular weight excluding hydrogens is 352 g/mol. The van der Waals surface area contributed by atoms with Gasteiger partial charge in [0.25, 0.3) is 11.6 Å². The molecule has 27 heavy (non-hydrogen) atoms. The monoisotopic (exact) mass is 366 g/mol. The topological polar surface area (TPSA) is 120 Å². The Kier molecular flexibility index (Phi) is 5.22. The molecule has 0 atom stereocenters. The molecule has 0 aliphatic heterocycles. The number of nitrogens with one attached hydrogen (secondary N) is 1. The number of carbonyl (C=O) groups excluding carboxylic acids is 1. The van der Waals surface area contributed by atoms with Gasteiger partial charge in [-0.1, -0.05) is 0 Å². The first-order valence-electron chi connectivity index (χ1n) is 7.74. The molecule has 0 saturated heterocycles. The lowest BCUT2D eigenvalue weighted by Gasteiger charge is -2.05. The van der Waals surface area contributed by atoms with Gasteiger partial charge in [-0.15, -0.1) is 0 Å². The van der Waals surface area contributed by atoms with Crippen molar-refractivity contribution in [2.24, 2.45) is 5.10 Å². The number of methoxy groups -OCH3 is 1. The molecule has 0 fully saturated rings. The van der Waals surface area contributed by atoms with Crippen molar-refractivity contribution in [1.29, 1.82) is 0 Å². The van der Waals surface area contributed by atoms with Crippen LogP contribution in [0.15, 0.2) is 64.4 Å². The number of hydrogen-bond donors (Lipinski definition) is 1. The second kappa shape index (κ2) is 7.91. The maximum atomic E-state index is 11.9. The molecule has 0 radical (unpaired) electrons. The summed E-state index contributed by atoms with van der Waals surface area (Å²) >= 11 is 0. The highest BCUT2D eigenvalue weighted by Crippen LogP contribution is 2.33. The van der Waals surface area contributed by atoms with Gasteiger partial charge in [0, 0.05) is 18.5 Å². The normalized spacial score (nSPS) is 10.7. The zero-order valence-corrected chi connectivity index (χ0v) is 14.2. The fourth-order valence-electron chi connectivity index (χ4n) is 2.28. The maximum absolute atomic E-state index is 11.9. The number of ether oxygens (including phenoxy) is 1. The third kappa shape index (κ3) is 4.15. The maximum Gasteiger partial charge on any atom is 0.273 e. The lowest BCUT2D eigenvalue weighted by Crippen LogP contribution is -2.17. The Hall–Kier alpha value is -4.01. The van der Waals surface area contributed by atoms with E-state index in [1.54, 1.807) is 36.5 Å². The summed E-state index contributed by atoms with van der Waals surface area (Å²) in [5.41, 5.74) is 3.23. The van der Waals surface area contributed by atoms with E-state index in [0.29, 0.717) is 28.4 Å². The van der Waals surface area contributed by atoms with E-state index in [9.17, 15) is 14.9 Å². The third-order valence-electron chi connectivity index (χ3n) is 3.57. The first-order chi connectivity index (χ1) is 13.1. The van der Waals surface area contributed by atoms with Crippen molar-refractivity contribution >= 4 is 17.8 Å².